The largest absolute Gasteiger partial charge is 0.354 e. The number of nitrogens with one attached hydrogen (secondary N) is 2. The quantitative estimate of drug-likeness (QED) is 0.142. The molecule has 1 unspecified atom stereocenters. The molecule has 0 radical (unpaired) electrons. The maximum atomic E-state index is 11.8. The monoisotopic (exact) mass is 525 g/mol. The Morgan fingerprint density at radius 2 is 1.71 bits per heavy atom. The first-order chi connectivity index (χ1) is 15.1. The minimum Gasteiger partial charge on any atom is -0.354 e. The van der Waals surface area contributed by atoms with Gasteiger partial charge in [-0.1, -0.05) is 89.3 Å². The van der Waals surface area contributed by atoms with E-state index in [1.54, 1.807) is 0 Å². The summed E-state index contributed by atoms with van der Waals surface area (Å²) in [5.74, 6) is -0.500. The van der Waals surface area contributed by atoms with Crippen LogP contribution in [0.2, 0.25) is 0 Å². The van der Waals surface area contributed by atoms with Crippen LogP contribution in [0.3, 0.4) is 0 Å². The second kappa shape index (κ2) is 9.30. The number of amides is 1. The van der Waals surface area contributed by atoms with Gasteiger partial charge >= 0.3 is 0 Å². The molecule has 0 saturated heterocycles. The lowest BCUT2D eigenvalue weighted by Crippen LogP contribution is -2.14. The van der Waals surface area contributed by atoms with E-state index >= 15 is 0 Å². The number of aromatic amines is 1. The Balaban J connectivity index is 1.94. The number of H-pyrrole nitrogens is 1. The van der Waals surface area contributed by atoms with E-state index in [2.05, 4.69) is 10.3 Å². The molecule has 4 rings (SSSR count). The highest BCUT2D eigenvalue weighted by Gasteiger charge is 2.27. The zero-order valence-corrected chi connectivity index (χ0v) is 18.7. The van der Waals surface area contributed by atoms with Crippen molar-refractivity contribution >= 4 is 45.1 Å². The second-order valence-corrected chi connectivity index (χ2v) is 7.96. The number of nitro groups is 1. The molecule has 0 bridgehead atoms. The summed E-state index contributed by atoms with van der Waals surface area (Å²) in [6.07, 6.45) is 0. The average Bonchev–Trinajstić information content (AvgIpc) is 3.17. The van der Waals surface area contributed by atoms with Gasteiger partial charge < -0.3 is 10.3 Å². The SMILES string of the molecule is O=C(CI)Nc1ccc2c(C(C[N+](=O)[O-])c3ccccc3)c(-c3ccccc3)[nH]c2c1. The lowest BCUT2D eigenvalue weighted by atomic mass is 9.87. The normalized spacial score (nSPS) is 11.9. The van der Waals surface area contributed by atoms with Crippen molar-refractivity contribution in [3.63, 3.8) is 0 Å². The number of alkyl halides is 1. The van der Waals surface area contributed by atoms with Crippen molar-refractivity contribution in [3.8, 4) is 11.3 Å². The maximum Gasteiger partial charge on any atom is 0.234 e. The Hall–Kier alpha value is -3.20. The Morgan fingerprint density at radius 3 is 2.35 bits per heavy atom. The van der Waals surface area contributed by atoms with Crippen LogP contribution in [0.1, 0.15) is 17.0 Å². The molecule has 0 spiro atoms. The second-order valence-electron chi connectivity index (χ2n) is 7.20. The van der Waals surface area contributed by atoms with Gasteiger partial charge in [0.05, 0.1) is 16.0 Å². The van der Waals surface area contributed by atoms with Crippen molar-refractivity contribution in [2.75, 3.05) is 16.3 Å². The standard InChI is InChI=1S/C24H20IN3O3/c25-14-22(29)26-18-11-12-19-21(13-18)27-24(17-9-5-2-6-10-17)23(19)20(15-28(30)31)16-7-3-1-4-8-16/h1-13,20,27H,14-15H2,(H,26,29). The van der Waals surface area contributed by atoms with Gasteiger partial charge in [0.25, 0.3) is 0 Å². The van der Waals surface area contributed by atoms with Crippen molar-refractivity contribution in [2.45, 2.75) is 5.92 Å². The third kappa shape index (κ3) is 4.61. The topological polar surface area (TPSA) is 88.0 Å². The number of halogens is 1. The van der Waals surface area contributed by atoms with Crippen LogP contribution in [0.4, 0.5) is 5.69 Å². The summed E-state index contributed by atoms with van der Waals surface area (Å²) in [5, 5.41) is 15.4. The molecule has 3 aromatic carbocycles. The summed E-state index contributed by atoms with van der Waals surface area (Å²) < 4.78 is 0.361. The highest BCUT2D eigenvalue weighted by molar-refractivity contribution is 14.1. The molecule has 156 valence electrons. The third-order valence-corrected chi connectivity index (χ3v) is 5.88. The number of anilines is 1. The van der Waals surface area contributed by atoms with Gasteiger partial charge in [0.1, 0.15) is 0 Å². The van der Waals surface area contributed by atoms with Crippen LogP contribution >= 0.6 is 22.6 Å². The number of carbonyl (C=O) groups excluding carboxylic acids is 1. The summed E-state index contributed by atoms with van der Waals surface area (Å²) in [6, 6.07) is 25.0. The number of rotatable bonds is 7. The average molecular weight is 525 g/mol. The number of aromatic nitrogens is 1. The molecule has 0 aliphatic carbocycles. The Kier molecular flexibility index (Phi) is 6.31. The molecule has 0 aliphatic heterocycles. The molecule has 0 fully saturated rings. The van der Waals surface area contributed by atoms with E-state index in [1.165, 1.54) is 0 Å². The zero-order valence-electron chi connectivity index (χ0n) is 16.5. The van der Waals surface area contributed by atoms with Crippen molar-refractivity contribution < 1.29 is 9.72 Å². The van der Waals surface area contributed by atoms with Gasteiger partial charge in [-0.05, 0) is 28.8 Å². The fraction of sp³-hybridized carbons (Fsp3) is 0.125. The van der Waals surface area contributed by atoms with Crippen molar-refractivity contribution in [1.82, 2.24) is 4.98 Å². The van der Waals surface area contributed by atoms with Gasteiger partial charge in [0.2, 0.25) is 12.5 Å². The Labute approximate surface area is 193 Å². The van der Waals surface area contributed by atoms with Crippen LogP contribution in [0, 0.1) is 10.1 Å². The van der Waals surface area contributed by atoms with Crippen LogP contribution in [0.5, 0.6) is 0 Å². The fourth-order valence-corrected chi connectivity index (χ4v) is 4.07. The molecule has 7 heteroatoms. The molecule has 0 aliphatic rings. The van der Waals surface area contributed by atoms with E-state index in [9.17, 15) is 14.9 Å². The van der Waals surface area contributed by atoms with Crippen molar-refractivity contribution in [1.29, 1.82) is 0 Å². The molecular weight excluding hydrogens is 505 g/mol. The highest BCUT2D eigenvalue weighted by Crippen LogP contribution is 2.39. The molecule has 1 aromatic heterocycles. The molecule has 0 saturated carbocycles. The van der Waals surface area contributed by atoms with Crippen molar-refractivity contribution in [2.24, 2.45) is 0 Å². The maximum absolute atomic E-state index is 11.8. The first kappa shape index (κ1) is 21.0. The molecule has 1 heterocycles. The lowest BCUT2D eigenvalue weighted by Gasteiger charge is -2.16. The van der Waals surface area contributed by atoms with Gasteiger partial charge in [0.15, 0.2) is 0 Å². The number of fused-ring (bicyclic) bond motifs is 1. The molecule has 1 atom stereocenters. The minimum atomic E-state index is -0.421. The van der Waals surface area contributed by atoms with E-state index in [4.69, 9.17) is 0 Å². The molecule has 1 amide bonds. The van der Waals surface area contributed by atoms with E-state index in [-0.39, 0.29) is 17.4 Å². The molecule has 4 aromatic rings. The molecule has 31 heavy (non-hydrogen) atoms. The van der Waals surface area contributed by atoms with Gasteiger partial charge in [0, 0.05) is 21.5 Å². The van der Waals surface area contributed by atoms with Gasteiger partial charge in [-0.2, -0.15) is 0 Å². The van der Waals surface area contributed by atoms with Gasteiger partial charge in [-0.15, -0.1) is 0 Å². The van der Waals surface area contributed by atoms with Crippen LogP contribution in [0.25, 0.3) is 22.2 Å². The lowest BCUT2D eigenvalue weighted by molar-refractivity contribution is -0.481. The summed E-state index contributed by atoms with van der Waals surface area (Å²) in [5.41, 5.74) is 5.09. The van der Waals surface area contributed by atoms with E-state index in [1.807, 2.05) is 101 Å². The fourth-order valence-electron chi connectivity index (χ4n) is 3.88. The summed E-state index contributed by atoms with van der Waals surface area (Å²) in [7, 11) is 0. The van der Waals surface area contributed by atoms with E-state index < -0.39 is 5.92 Å². The first-order valence-electron chi connectivity index (χ1n) is 9.80. The number of hydrogen-bond acceptors (Lipinski definition) is 3. The minimum absolute atomic E-state index is 0.0782. The Bertz CT molecular complexity index is 1220. The molecule has 2 N–H and O–H groups in total. The number of carbonyl (C=O) groups is 1. The van der Waals surface area contributed by atoms with Crippen LogP contribution in [-0.4, -0.2) is 26.8 Å². The predicted molar refractivity (Wildman–Crippen MR) is 131 cm³/mol. The zero-order chi connectivity index (χ0) is 21.8. The number of hydrogen-bond donors (Lipinski definition) is 2. The van der Waals surface area contributed by atoms with Crippen LogP contribution in [0.15, 0.2) is 78.9 Å². The van der Waals surface area contributed by atoms with Gasteiger partial charge in [-0.25, -0.2) is 0 Å². The number of nitrogens with zero attached hydrogens (tertiary/aromatic N) is 1. The molecular formula is C24H20IN3O3. The number of benzene rings is 3. The predicted octanol–water partition coefficient (Wildman–Crippen LogP) is 5.62. The molecule has 6 nitrogen and oxygen atoms in total. The van der Waals surface area contributed by atoms with E-state index in [0.717, 1.165) is 33.3 Å². The van der Waals surface area contributed by atoms with Crippen molar-refractivity contribution in [3.05, 3.63) is 100 Å². The summed E-state index contributed by atoms with van der Waals surface area (Å²) >= 11 is 2.02. The highest BCUT2D eigenvalue weighted by atomic mass is 127. The summed E-state index contributed by atoms with van der Waals surface area (Å²) in [6.45, 7) is -0.218. The first-order valence-corrected chi connectivity index (χ1v) is 11.3. The third-order valence-electron chi connectivity index (χ3n) is 5.19. The van der Waals surface area contributed by atoms with E-state index in [0.29, 0.717) is 10.1 Å². The van der Waals surface area contributed by atoms with Gasteiger partial charge in [-0.3, -0.25) is 14.9 Å². The van der Waals surface area contributed by atoms with Crippen LogP contribution in [-0.2, 0) is 4.79 Å². The smallest absolute Gasteiger partial charge is 0.234 e. The summed E-state index contributed by atoms with van der Waals surface area (Å²) in [4.78, 5) is 26.6. The van der Waals surface area contributed by atoms with Crippen LogP contribution < -0.4 is 5.32 Å². The Morgan fingerprint density at radius 1 is 1.03 bits per heavy atom.